The predicted molar refractivity (Wildman–Crippen MR) is 87.0 cm³/mol. The summed E-state index contributed by atoms with van der Waals surface area (Å²) in [6.07, 6.45) is 0.131. The van der Waals surface area contributed by atoms with Crippen LogP contribution in [-0.4, -0.2) is 5.78 Å². The summed E-state index contributed by atoms with van der Waals surface area (Å²) in [6.45, 7) is 0. The van der Waals surface area contributed by atoms with E-state index in [0.717, 1.165) is 10.0 Å². The second kappa shape index (κ2) is 7.54. The monoisotopic (exact) mass is 352 g/mol. The molecule has 2 rings (SSSR count). The van der Waals surface area contributed by atoms with Crippen LogP contribution in [0.3, 0.4) is 0 Å². The lowest BCUT2D eigenvalue weighted by Crippen LogP contribution is -2.15. The molecule has 2 aromatic carbocycles. The lowest BCUT2D eigenvalue weighted by molar-refractivity contribution is 0.0971. The van der Waals surface area contributed by atoms with E-state index in [1.165, 1.54) is 0 Å². The molecule has 0 amide bonds. The first-order chi connectivity index (χ1) is 10.7. The number of halogens is 1. The largest absolute Gasteiger partial charge is 0.294 e. The van der Waals surface area contributed by atoms with Gasteiger partial charge < -0.3 is 0 Å². The van der Waals surface area contributed by atoms with Gasteiger partial charge in [-0.3, -0.25) is 4.79 Å². The Bertz CT molecular complexity index is 730. The van der Waals surface area contributed by atoms with Crippen molar-refractivity contribution in [3.8, 4) is 12.1 Å². The molecule has 0 aromatic heterocycles. The maximum atomic E-state index is 12.4. The summed E-state index contributed by atoms with van der Waals surface area (Å²) in [5.41, 5.74) is 1.41. The van der Waals surface area contributed by atoms with Crippen molar-refractivity contribution in [3.63, 3.8) is 0 Å². The van der Waals surface area contributed by atoms with Crippen LogP contribution in [0, 0.1) is 28.6 Å². The van der Waals surface area contributed by atoms with Crippen LogP contribution in [0.5, 0.6) is 0 Å². The van der Waals surface area contributed by atoms with Crippen molar-refractivity contribution in [2.24, 2.45) is 5.92 Å². The van der Waals surface area contributed by atoms with Crippen molar-refractivity contribution in [2.45, 2.75) is 12.3 Å². The van der Waals surface area contributed by atoms with Crippen LogP contribution in [-0.2, 0) is 0 Å². The zero-order chi connectivity index (χ0) is 15.9. The highest BCUT2D eigenvalue weighted by molar-refractivity contribution is 9.10. The fourth-order valence-electron chi connectivity index (χ4n) is 2.32. The Morgan fingerprint density at radius 1 is 1.05 bits per heavy atom. The van der Waals surface area contributed by atoms with Gasteiger partial charge in [-0.25, -0.2) is 0 Å². The number of nitrogens with zero attached hydrogens (tertiary/aromatic N) is 2. The lowest BCUT2D eigenvalue weighted by Gasteiger charge is -2.17. The molecule has 0 saturated heterocycles. The molecule has 0 N–H and O–H groups in total. The number of hydrogen-bond acceptors (Lipinski definition) is 3. The number of ketones is 1. The van der Waals surface area contributed by atoms with E-state index in [4.69, 9.17) is 0 Å². The summed E-state index contributed by atoms with van der Waals surface area (Å²) in [5, 5.41) is 18.4. The van der Waals surface area contributed by atoms with E-state index in [2.05, 4.69) is 15.9 Å². The van der Waals surface area contributed by atoms with Crippen molar-refractivity contribution < 1.29 is 4.79 Å². The number of carbonyl (C=O) groups is 1. The van der Waals surface area contributed by atoms with Gasteiger partial charge in [0.1, 0.15) is 5.92 Å². The third-order valence-corrected chi connectivity index (χ3v) is 3.95. The Morgan fingerprint density at radius 2 is 1.73 bits per heavy atom. The topological polar surface area (TPSA) is 64.7 Å². The molecule has 0 aliphatic heterocycles. The number of hydrogen-bond donors (Lipinski definition) is 0. The first-order valence-electron chi connectivity index (χ1n) is 6.78. The van der Waals surface area contributed by atoms with E-state index >= 15 is 0 Å². The molecule has 0 radical (unpaired) electrons. The highest BCUT2D eigenvalue weighted by Gasteiger charge is 2.26. The van der Waals surface area contributed by atoms with E-state index in [0.29, 0.717) is 5.56 Å². The highest BCUT2D eigenvalue weighted by Crippen LogP contribution is 2.30. The van der Waals surface area contributed by atoms with Gasteiger partial charge in [-0.2, -0.15) is 10.5 Å². The molecule has 0 spiro atoms. The minimum Gasteiger partial charge on any atom is -0.294 e. The Kier molecular flexibility index (Phi) is 5.47. The van der Waals surface area contributed by atoms with E-state index in [9.17, 15) is 15.3 Å². The number of rotatable bonds is 5. The van der Waals surface area contributed by atoms with E-state index < -0.39 is 11.8 Å². The van der Waals surface area contributed by atoms with Crippen LogP contribution in [0.25, 0.3) is 0 Å². The maximum Gasteiger partial charge on any atom is 0.163 e. The lowest BCUT2D eigenvalue weighted by atomic mass is 9.83. The van der Waals surface area contributed by atoms with Crippen LogP contribution < -0.4 is 0 Å². The zero-order valence-electron chi connectivity index (χ0n) is 11.7. The van der Waals surface area contributed by atoms with Gasteiger partial charge in [0.15, 0.2) is 5.78 Å². The molecule has 1 atom stereocenters. The average molecular weight is 353 g/mol. The van der Waals surface area contributed by atoms with Gasteiger partial charge in [0.2, 0.25) is 0 Å². The number of benzene rings is 2. The van der Waals surface area contributed by atoms with Crippen molar-refractivity contribution >= 4 is 21.7 Å². The molecule has 0 aliphatic carbocycles. The quantitative estimate of drug-likeness (QED) is 0.745. The normalized spacial score (nSPS) is 11.5. The van der Waals surface area contributed by atoms with Crippen LogP contribution in [0.2, 0.25) is 0 Å². The van der Waals surface area contributed by atoms with Crippen LogP contribution in [0.4, 0.5) is 0 Å². The molecule has 4 heteroatoms. The minimum absolute atomic E-state index is 0.0684. The summed E-state index contributed by atoms with van der Waals surface area (Å²) in [5.74, 6) is -1.37. The first-order valence-corrected chi connectivity index (χ1v) is 7.58. The van der Waals surface area contributed by atoms with Crippen molar-refractivity contribution in [2.75, 3.05) is 0 Å². The summed E-state index contributed by atoms with van der Waals surface area (Å²) >= 11 is 3.38. The predicted octanol–water partition coefficient (Wildman–Crippen LogP) is 4.47. The Morgan fingerprint density at radius 3 is 2.32 bits per heavy atom. The van der Waals surface area contributed by atoms with Crippen LogP contribution in [0.15, 0.2) is 59.1 Å². The van der Waals surface area contributed by atoms with Gasteiger partial charge in [-0.05, 0) is 17.7 Å². The number of carbonyl (C=O) groups excluding carboxylic acids is 1. The van der Waals surface area contributed by atoms with Crippen LogP contribution in [0.1, 0.15) is 28.3 Å². The van der Waals surface area contributed by atoms with Gasteiger partial charge >= 0.3 is 0 Å². The molecule has 0 aliphatic rings. The molecule has 2 aromatic rings. The molecule has 22 heavy (non-hydrogen) atoms. The van der Waals surface area contributed by atoms with Crippen LogP contribution >= 0.6 is 15.9 Å². The van der Waals surface area contributed by atoms with Crippen molar-refractivity contribution in [3.05, 3.63) is 70.2 Å². The summed E-state index contributed by atoms with van der Waals surface area (Å²) in [4.78, 5) is 12.4. The average Bonchev–Trinajstić information content (AvgIpc) is 2.55. The Hall–Kier alpha value is -2.43. The second-order valence-electron chi connectivity index (χ2n) is 4.89. The van der Waals surface area contributed by atoms with Gasteiger partial charge in [0, 0.05) is 22.4 Å². The molecule has 0 bridgehead atoms. The maximum absolute atomic E-state index is 12.4. The smallest absolute Gasteiger partial charge is 0.163 e. The van der Waals surface area contributed by atoms with Gasteiger partial charge in [-0.15, -0.1) is 0 Å². The van der Waals surface area contributed by atoms with Crippen molar-refractivity contribution in [1.29, 1.82) is 10.5 Å². The summed E-state index contributed by atoms with van der Waals surface area (Å²) < 4.78 is 0.858. The fraction of sp³-hybridized carbons (Fsp3) is 0.167. The molecule has 0 unspecified atom stereocenters. The molecule has 108 valence electrons. The molecule has 3 nitrogen and oxygen atoms in total. The SMILES string of the molecule is N#CC(C#N)[C@H](CC(=O)c1ccccc1)c1cccc(Br)c1. The van der Waals surface area contributed by atoms with E-state index in [1.54, 1.807) is 24.3 Å². The molecular weight excluding hydrogens is 340 g/mol. The highest BCUT2D eigenvalue weighted by atomic mass is 79.9. The zero-order valence-corrected chi connectivity index (χ0v) is 13.3. The Labute approximate surface area is 137 Å². The van der Waals surface area contributed by atoms with Gasteiger partial charge in [0.25, 0.3) is 0 Å². The number of nitriles is 2. The van der Waals surface area contributed by atoms with E-state index in [1.807, 2.05) is 42.5 Å². The molecule has 0 heterocycles. The first kappa shape index (κ1) is 15.9. The minimum atomic E-state index is -0.859. The van der Waals surface area contributed by atoms with E-state index in [-0.39, 0.29) is 12.2 Å². The second-order valence-corrected chi connectivity index (χ2v) is 5.81. The van der Waals surface area contributed by atoms with Crippen molar-refractivity contribution in [1.82, 2.24) is 0 Å². The molecule has 0 saturated carbocycles. The van der Waals surface area contributed by atoms with Gasteiger partial charge in [0.05, 0.1) is 12.1 Å². The standard InChI is InChI=1S/C18H13BrN2O/c19-16-8-4-7-14(9-16)17(15(11-20)12-21)10-18(22)13-5-2-1-3-6-13/h1-9,15,17H,10H2/t17-/m1/s1. The summed E-state index contributed by atoms with van der Waals surface area (Å²) in [7, 11) is 0. The fourth-order valence-corrected chi connectivity index (χ4v) is 2.73. The third kappa shape index (κ3) is 3.81. The third-order valence-electron chi connectivity index (χ3n) is 3.46. The summed E-state index contributed by atoms with van der Waals surface area (Å²) in [6, 6.07) is 20.3. The van der Waals surface area contributed by atoms with Gasteiger partial charge in [-0.1, -0.05) is 58.4 Å². The Balaban J connectivity index is 2.32. The molecular formula is C18H13BrN2O. The number of Topliss-reactive ketones (excluding diaryl/α,β-unsaturated/α-hetero) is 1. The molecule has 0 fully saturated rings.